The van der Waals surface area contributed by atoms with Crippen molar-refractivity contribution in [2.75, 3.05) is 5.75 Å². The summed E-state index contributed by atoms with van der Waals surface area (Å²) in [6.07, 6.45) is 2.47. The van der Waals surface area contributed by atoms with Crippen LogP contribution in [0.4, 0.5) is 0 Å². The maximum absolute atomic E-state index is 10.2. The number of thioether (sulfide) groups is 1. The maximum atomic E-state index is 10.2. The zero-order valence-corrected chi connectivity index (χ0v) is 16.9. The molecule has 2 heterocycles. The Morgan fingerprint density at radius 3 is 2.70 bits per heavy atom. The number of aliphatic hydroxyl groups excluding tert-OH is 1. The van der Waals surface area contributed by atoms with Crippen molar-refractivity contribution in [3.63, 3.8) is 0 Å². The van der Waals surface area contributed by atoms with Gasteiger partial charge < -0.3 is 5.11 Å². The van der Waals surface area contributed by atoms with Gasteiger partial charge in [-0.15, -0.1) is 23.1 Å². The first-order chi connectivity index (χ1) is 13.2. The normalized spacial score (nSPS) is 11.9. The first-order valence-corrected chi connectivity index (χ1v) is 10.9. The molecule has 1 aromatic carbocycles. The van der Waals surface area contributed by atoms with Crippen LogP contribution in [0, 0.1) is 11.3 Å². The Bertz CT molecular complexity index is 902. The summed E-state index contributed by atoms with van der Waals surface area (Å²) in [4.78, 5) is 5.84. The Labute approximate surface area is 168 Å². The monoisotopic (exact) mass is 394 g/mol. The Morgan fingerprint density at radius 1 is 1.22 bits per heavy atom. The molecule has 1 atom stereocenters. The SMILES string of the molecule is CCCCC(O)CSc1nc(-c2cccs2)cc(-c2ccccc2)c1C#N. The van der Waals surface area contributed by atoms with Crippen LogP contribution in [0.15, 0.2) is 58.9 Å². The first-order valence-electron chi connectivity index (χ1n) is 9.08. The van der Waals surface area contributed by atoms with Gasteiger partial charge in [-0.1, -0.05) is 56.2 Å². The summed E-state index contributed by atoms with van der Waals surface area (Å²) in [7, 11) is 0. The number of aliphatic hydroxyl groups is 1. The third-order valence-corrected chi connectivity index (χ3v) is 6.27. The molecule has 1 unspecified atom stereocenters. The minimum absolute atomic E-state index is 0.381. The smallest absolute Gasteiger partial charge is 0.115 e. The Hall–Kier alpha value is -2.13. The summed E-state index contributed by atoms with van der Waals surface area (Å²) in [5, 5.41) is 22.8. The van der Waals surface area contributed by atoms with Crippen molar-refractivity contribution in [3.8, 4) is 27.8 Å². The van der Waals surface area contributed by atoms with Crippen molar-refractivity contribution in [2.24, 2.45) is 0 Å². The number of unbranched alkanes of at least 4 members (excludes halogenated alkanes) is 1. The van der Waals surface area contributed by atoms with E-state index in [4.69, 9.17) is 4.98 Å². The van der Waals surface area contributed by atoms with Crippen molar-refractivity contribution in [3.05, 3.63) is 59.5 Å². The molecule has 2 aromatic heterocycles. The van der Waals surface area contributed by atoms with E-state index in [1.165, 1.54) is 11.8 Å². The Morgan fingerprint density at radius 2 is 2.04 bits per heavy atom. The lowest BCUT2D eigenvalue weighted by molar-refractivity contribution is 0.186. The fourth-order valence-corrected chi connectivity index (χ4v) is 4.49. The van der Waals surface area contributed by atoms with Gasteiger partial charge in [0, 0.05) is 11.3 Å². The fraction of sp³-hybridized carbons (Fsp3) is 0.273. The van der Waals surface area contributed by atoms with Gasteiger partial charge in [0.2, 0.25) is 0 Å². The van der Waals surface area contributed by atoms with Crippen molar-refractivity contribution in [1.29, 1.82) is 5.26 Å². The maximum Gasteiger partial charge on any atom is 0.115 e. The molecular weight excluding hydrogens is 372 g/mol. The third kappa shape index (κ3) is 4.98. The van der Waals surface area contributed by atoms with Crippen LogP contribution in [0.3, 0.4) is 0 Å². The molecule has 1 N–H and O–H groups in total. The highest BCUT2D eigenvalue weighted by molar-refractivity contribution is 7.99. The molecule has 0 bridgehead atoms. The summed E-state index contributed by atoms with van der Waals surface area (Å²) in [5.41, 5.74) is 3.34. The number of benzene rings is 1. The minimum atomic E-state index is -0.381. The molecule has 0 saturated heterocycles. The van der Waals surface area contributed by atoms with Crippen LogP contribution in [0.1, 0.15) is 31.7 Å². The molecule has 27 heavy (non-hydrogen) atoms. The molecule has 3 nitrogen and oxygen atoms in total. The molecule has 0 saturated carbocycles. The fourth-order valence-electron chi connectivity index (χ4n) is 2.83. The van der Waals surface area contributed by atoms with Crippen LogP contribution in [-0.2, 0) is 0 Å². The van der Waals surface area contributed by atoms with E-state index in [1.54, 1.807) is 11.3 Å². The largest absolute Gasteiger partial charge is 0.392 e. The molecule has 0 radical (unpaired) electrons. The number of rotatable bonds is 8. The highest BCUT2D eigenvalue weighted by Gasteiger charge is 2.17. The van der Waals surface area contributed by atoms with Crippen LogP contribution < -0.4 is 0 Å². The first kappa shape index (κ1) is 19.6. The highest BCUT2D eigenvalue weighted by atomic mass is 32.2. The van der Waals surface area contributed by atoms with Gasteiger partial charge in [-0.25, -0.2) is 4.98 Å². The zero-order valence-electron chi connectivity index (χ0n) is 15.3. The highest BCUT2D eigenvalue weighted by Crippen LogP contribution is 2.35. The summed E-state index contributed by atoms with van der Waals surface area (Å²) in [5.74, 6) is 0.545. The summed E-state index contributed by atoms with van der Waals surface area (Å²) in [6.45, 7) is 2.12. The molecule has 138 valence electrons. The molecule has 0 amide bonds. The summed E-state index contributed by atoms with van der Waals surface area (Å²) in [6, 6.07) is 18.3. The molecule has 5 heteroatoms. The van der Waals surface area contributed by atoms with Crippen molar-refractivity contribution in [1.82, 2.24) is 4.98 Å². The van der Waals surface area contributed by atoms with E-state index in [-0.39, 0.29) is 6.10 Å². The lowest BCUT2D eigenvalue weighted by Gasteiger charge is -2.13. The van der Waals surface area contributed by atoms with E-state index < -0.39 is 0 Å². The van der Waals surface area contributed by atoms with Gasteiger partial charge in [0.25, 0.3) is 0 Å². The Kier molecular flexibility index (Phi) is 7.05. The average molecular weight is 395 g/mol. The van der Waals surface area contributed by atoms with Gasteiger partial charge in [-0.2, -0.15) is 5.26 Å². The molecular formula is C22H22N2OS2. The number of nitrogens with zero attached hydrogens (tertiary/aromatic N) is 2. The lowest BCUT2D eigenvalue weighted by atomic mass is 10.0. The van der Waals surface area contributed by atoms with Crippen molar-refractivity contribution >= 4 is 23.1 Å². The van der Waals surface area contributed by atoms with E-state index in [9.17, 15) is 10.4 Å². The van der Waals surface area contributed by atoms with Gasteiger partial charge in [0.15, 0.2) is 0 Å². The lowest BCUT2D eigenvalue weighted by Crippen LogP contribution is -2.10. The second kappa shape index (κ2) is 9.70. The third-order valence-electron chi connectivity index (χ3n) is 4.26. The van der Waals surface area contributed by atoms with Gasteiger partial charge in [-0.3, -0.25) is 0 Å². The number of pyridine rings is 1. The van der Waals surface area contributed by atoms with Crippen LogP contribution in [0.25, 0.3) is 21.7 Å². The van der Waals surface area contributed by atoms with E-state index in [2.05, 4.69) is 13.0 Å². The minimum Gasteiger partial charge on any atom is -0.392 e. The second-order valence-corrected chi connectivity index (χ2v) is 8.25. The number of nitriles is 1. The van der Waals surface area contributed by atoms with E-state index in [1.807, 2.05) is 53.9 Å². The van der Waals surface area contributed by atoms with Crippen molar-refractivity contribution in [2.45, 2.75) is 37.3 Å². The van der Waals surface area contributed by atoms with Gasteiger partial charge in [0.1, 0.15) is 11.1 Å². The van der Waals surface area contributed by atoms with Crippen LogP contribution in [0.5, 0.6) is 0 Å². The topological polar surface area (TPSA) is 56.9 Å². The number of hydrogen-bond acceptors (Lipinski definition) is 5. The predicted octanol–water partition coefficient (Wildman–Crippen LogP) is 5.99. The molecule has 0 aliphatic heterocycles. The summed E-state index contributed by atoms with van der Waals surface area (Å²) < 4.78 is 0. The van der Waals surface area contributed by atoms with Gasteiger partial charge in [0.05, 0.1) is 22.2 Å². The molecule has 0 fully saturated rings. The van der Waals surface area contributed by atoms with Crippen LogP contribution >= 0.6 is 23.1 Å². The number of thiophene rings is 1. The van der Waals surface area contributed by atoms with Crippen LogP contribution in [0.2, 0.25) is 0 Å². The molecule has 0 aliphatic carbocycles. The molecule has 3 rings (SSSR count). The van der Waals surface area contributed by atoms with Crippen molar-refractivity contribution < 1.29 is 5.11 Å². The quantitative estimate of drug-likeness (QED) is 0.477. The Balaban J connectivity index is 2.00. The second-order valence-electron chi connectivity index (χ2n) is 6.30. The number of aromatic nitrogens is 1. The molecule has 3 aromatic rings. The van der Waals surface area contributed by atoms with Gasteiger partial charge >= 0.3 is 0 Å². The van der Waals surface area contributed by atoms with E-state index >= 15 is 0 Å². The molecule has 0 aliphatic rings. The summed E-state index contributed by atoms with van der Waals surface area (Å²) >= 11 is 3.10. The van der Waals surface area contributed by atoms with E-state index in [0.717, 1.165) is 41.0 Å². The average Bonchev–Trinajstić information content (AvgIpc) is 3.25. The predicted molar refractivity (Wildman–Crippen MR) is 114 cm³/mol. The number of hydrogen-bond donors (Lipinski definition) is 1. The van der Waals surface area contributed by atoms with E-state index in [0.29, 0.717) is 16.3 Å². The standard InChI is InChI=1S/C22H22N2OS2/c1-2-3-10-17(25)15-27-22-19(14-23)18(16-8-5-4-6-9-16)13-20(24-22)21-11-7-12-26-21/h4-9,11-13,17,25H,2-3,10,15H2,1H3. The van der Waals surface area contributed by atoms with Gasteiger partial charge in [-0.05, 0) is 29.5 Å². The zero-order chi connectivity index (χ0) is 19.1. The molecule has 0 spiro atoms. The van der Waals surface area contributed by atoms with Crippen LogP contribution in [-0.4, -0.2) is 21.9 Å².